The molecule has 0 saturated carbocycles. The van der Waals surface area contributed by atoms with Gasteiger partial charge in [-0.2, -0.15) is 0 Å². The molecular weight excluding hydrogens is 844 g/mol. The van der Waals surface area contributed by atoms with Crippen molar-refractivity contribution in [2.45, 2.75) is 152 Å². The summed E-state index contributed by atoms with van der Waals surface area (Å²) in [7, 11) is 0. The van der Waals surface area contributed by atoms with Crippen molar-refractivity contribution in [2.75, 3.05) is 0 Å². The monoisotopic (exact) mass is 904 g/mol. The van der Waals surface area contributed by atoms with E-state index in [-0.39, 0.29) is 0 Å². The summed E-state index contributed by atoms with van der Waals surface area (Å²) in [5.41, 5.74) is 10.7. The molecule has 0 spiro atoms. The molecule has 6 rings (SSSR count). The van der Waals surface area contributed by atoms with E-state index in [0.717, 1.165) is 51.4 Å². The third kappa shape index (κ3) is 16.2. The van der Waals surface area contributed by atoms with Crippen LogP contribution in [0, 0.1) is 43.0 Å². The zero-order valence-corrected chi connectivity index (χ0v) is 36.9. The van der Waals surface area contributed by atoms with E-state index in [9.17, 15) is 0 Å². The topological polar surface area (TPSA) is 0 Å². The van der Waals surface area contributed by atoms with Crippen LogP contribution < -0.4 is 0 Å². The second kappa shape index (κ2) is 26.6. The summed E-state index contributed by atoms with van der Waals surface area (Å²) in [4.78, 5) is 14.4. The zero-order chi connectivity index (χ0) is 34.1. The fraction of sp³-hybridized carbons (Fsp3) is 0.545. The molecule has 4 aliphatic rings. The standard InChI is InChI=1S/C44H56Se4/c1-5-17-37-33-42-22-30-46-26-14-11-12-16-28-48-32-24-44-36-39(19-7-3)43(35-40(44)20-8-4)23-31-47-27-15-10-9-13-25-45-29-21-41(37)34-38(42)18-6-2/h33-36H,5-20,25-28H2,1-4H3. The molecule has 4 heteroatoms. The van der Waals surface area contributed by atoms with Crippen LogP contribution >= 0.6 is 0 Å². The normalized spacial score (nSPS) is 15.2. The first kappa shape index (κ1) is 41.2. The fourth-order valence-electron chi connectivity index (χ4n) is 5.72. The molecule has 0 aliphatic carbocycles. The molecule has 256 valence electrons. The van der Waals surface area contributed by atoms with Gasteiger partial charge in [-0.25, -0.2) is 0 Å². The molecule has 2 aromatic carbocycles. The van der Waals surface area contributed by atoms with Crippen LogP contribution in [0.15, 0.2) is 24.3 Å². The fourth-order valence-corrected chi connectivity index (χ4v) is 11.0. The maximum atomic E-state index is 3.61. The van der Waals surface area contributed by atoms with Gasteiger partial charge in [0.25, 0.3) is 0 Å². The Morgan fingerprint density at radius 3 is 0.812 bits per heavy atom. The van der Waals surface area contributed by atoms with Crippen LogP contribution in [0.25, 0.3) is 0 Å². The summed E-state index contributed by atoms with van der Waals surface area (Å²) in [6.07, 6.45) is 19.5. The first-order valence-electron chi connectivity index (χ1n) is 18.5. The molecule has 0 unspecified atom stereocenters. The predicted molar refractivity (Wildman–Crippen MR) is 216 cm³/mol. The number of hydrogen-bond donors (Lipinski definition) is 0. The number of hydrogen-bond acceptors (Lipinski definition) is 0. The van der Waals surface area contributed by atoms with Crippen LogP contribution in [0.3, 0.4) is 0 Å². The second-order valence-corrected chi connectivity index (χ2v) is 20.0. The van der Waals surface area contributed by atoms with E-state index in [4.69, 9.17) is 0 Å². The van der Waals surface area contributed by atoms with E-state index in [1.165, 1.54) is 117 Å². The first-order chi connectivity index (χ1) is 23.7. The van der Waals surface area contributed by atoms with E-state index < -0.39 is 0 Å². The summed E-state index contributed by atoms with van der Waals surface area (Å²) < 4.78 is 0. The van der Waals surface area contributed by atoms with Crippen molar-refractivity contribution in [1.29, 1.82) is 0 Å². The molecule has 0 aromatic heterocycles. The molecule has 0 atom stereocenters. The third-order valence-electron chi connectivity index (χ3n) is 8.25. The van der Waals surface area contributed by atoms with Gasteiger partial charge in [0.05, 0.1) is 0 Å². The van der Waals surface area contributed by atoms with E-state index in [2.05, 4.69) is 94.9 Å². The van der Waals surface area contributed by atoms with Gasteiger partial charge in [-0.3, -0.25) is 0 Å². The van der Waals surface area contributed by atoms with Crippen molar-refractivity contribution in [2.24, 2.45) is 0 Å². The average molecular weight is 901 g/mol. The van der Waals surface area contributed by atoms with Crippen LogP contribution in [-0.2, 0) is 25.7 Å². The molecular formula is C44H56Se4. The first-order valence-corrected chi connectivity index (χ1v) is 26.8. The van der Waals surface area contributed by atoms with Crippen molar-refractivity contribution in [3.8, 4) is 43.0 Å². The van der Waals surface area contributed by atoms with Gasteiger partial charge >= 0.3 is 323 Å². The van der Waals surface area contributed by atoms with E-state index >= 15 is 0 Å². The van der Waals surface area contributed by atoms with Crippen LogP contribution in [0.4, 0.5) is 0 Å². The van der Waals surface area contributed by atoms with E-state index in [1.54, 1.807) is 0 Å². The molecule has 0 saturated heterocycles. The van der Waals surface area contributed by atoms with Gasteiger partial charge in [-0.05, 0) is 0 Å². The molecule has 0 nitrogen and oxygen atoms in total. The summed E-state index contributed by atoms with van der Waals surface area (Å²) in [6.45, 7) is 9.10. The summed E-state index contributed by atoms with van der Waals surface area (Å²) in [5, 5.41) is 5.07. The van der Waals surface area contributed by atoms with Crippen molar-refractivity contribution < 1.29 is 0 Å². The molecule has 48 heavy (non-hydrogen) atoms. The summed E-state index contributed by atoms with van der Waals surface area (Å²) in [5.74, 6) is 14.4. The molecule has 0 N–H and O–H groups in total. The Hall–Kier alpha value is -1.24. The number of benzene rings is 2. The van der Waals surface area contributed by atoms with Gasteiger partial charge in [0.15, 0.2) is 0 Å². The molecule has 2 aromatic rings. The van der Waals surface area contributed by atoms with Crippen LogP contribution in [-0.4, -0.2) is 59.8 Å². The van der Waals surface area contributed by atoms with Gasteiger partial charge in [0.1, 0.15) is 0 Å². The molecule has 4 bridgehead atoms. The molecule has 4 aliphatic heterocycles. The van der Waals surface area contributed by atoms with Crippen molar-refractivity contribution in [3.05, 3.63) is 68.8 Å². The second-order valence-electron chi connectivity index (χ2n) is 12.5. The van der Waals surface area contributed by atoms with Crippen LogP contribution in [0.5, 0.6) is 0 Å². The molecule has 0 radical (unpaired) electrons. The summed E-state index contributed by atoms with van der Waals surface area (Å²) in [6, 6.07) is 9.55. The summed E-state index contributed by atoms with van der Waals surface area (Å²) >= 11 is 1.60. The number of aryl methyl sites for hydroxylation is 4. The Bertz CT molecular complexity index is 1280. The van der Waals surface area contributed by atoms with Gasteiger partial charge in [-0.1, -0.05) is 0 Å². The van der Waals surface area contributed by atoms with E-state index in [1.807, 2.05) is 0 Å². The molecule has 0 fully saturated rings. The zero-order valence-electron chi connectivity index (χ0n) is 30.1. The SMILES string of the molecule is CCCc1cc2c(CCC)cc1C#C[Se]CCCCCC[Se]C#Cc1cc(CCC)c(cc1CCC)C#C[Se]CCCCCC[Se]C#C2. The van der Waals surface area contributed by atoms with Crippen molar-refractivity contribution in [3.63, 3.8) is 0 Å². The van der Waals surface area contributed by atoms with Crippen molar-refractivity contribution >= 4 is 59.8 Å². The van der Waals surface area contributed by atoms with Gasteiger partial charge in [-0.15, -0.1) is 0 Å². The Morgan fingerprint density at radius 1 is 0.375 bits per heavy atom. The predicted octanol–water partition coefficient (Wildman–Crippen LogP) is 10.1. The van der Waals surface area contributed by atoms with Crippen LogP contribution in [0.1, 0.15) is 149 Å². The van der Waals surface area contributed by atoms with Gasteiger partial charge in [0, 0.05) is 0 Å². The van der Waals surface area contributed by atoms with Gasteiger partial charge in [0.2, 0.25) is 0 Å². The third-order valence-corrected chi connectivity index (χ3v) is 14.5. The average Bonchev–Trinajstić information content (AvgIpc) is 3.08. The molecule has 0 amide bonds. The Kier molecular flexibility index (Phi) is 22.8. The minimum absolute atomic E-state index is 0.401. The van der Waals surface area contributed by atoms with Crippen LogP contribution in [0.2, 0.25) is 21.3 Å². The van der Waals surface area contributed by atoms with Crippen molar-refractivity contribution in [1.82, 2.24) is 0 Å². The van der Waals surface area contributed by atoms with E-state index in [0.29, 0.717) is 59.8 Å². The Balaban J connectivity index is 1.70. The number of rotatable bonds is 8. The molecule has 4 heterocycles. The quantitative estimate of drug-likeness (QED) is 0.183. The maximum absolute atomic E-state index is 3.61. The Morgan fingerprint density at radius 2 is 0.604 bits per heavy atom. The van der Waals surface area contributed by atoms with Gasteiger partial charge < -0.3 is 0 Å². The Labute approximate surface area is 320 Å². The minimum atomic E-state index is 0.401.